The first-order chi connectivity index (χ1) is 16.9. The number of benzene rings is 1. The number of hydrogen-bond donors (Lipinski definition) is 0. The summed E-state index contributed by atoms with van der Waals surface area (Å²) in [7, 11) is -3.80. The summed E-state index contributed by atoms with van der Waals surface area (Å²) in [6, 6.07) is 9.34. The molecule has 1 aromatic rings. The molecule has 0 radical (unpaired) electrons. The smallest absolute Gasteiger partial charge is 0.192 e. The van der Waals surface area contributed by atoms with Crippen molar-refractivity contribution in [3.8, 4) is 0 Å². The van der Waals surface area contributed by atoms with Crippen LogP contribution in [-0.2, 0) is 8.85 Å². The molecule has 2 rings (SSSR count). The van der Waals surface area contributed by atoms with Crippen molar-refractivity contribution in [2.45, 2.75) is 147 Å². The molecule has 0 heterocycles. The van der Waals surface area contributed by atoms with Crippen LogP contribution in [0.25, 0.3) is 0 Å². The second-order valence-corrected chi connectivity index (χ2v) is 24.5. The molecular weight excluding hydrogens is 508 g/mol. The van der Waals surface area contributed by atoms with Crippen molar-refractivity contribution in [1.29, 1.82) is 0 Å². The summed E-state index contributed by atoms with van der Waals surface area (Å²) >= 11 is 6.98. The van der Waals surface area contributed by atoms with Crippen molar-refractivity contribution in [1.82, 2.24) is 0 Å². The van der Waals surface area contributed by atoms with Crippen molar-refractivity contribution in [3.63, 3.8) is 0 Å². The molecule has 0 saturated heterocycles. The molecular formula is C32H57ClO2Si2. The lowest BCUT2D eigenvalue weighted by Gasteiger charge is -2.40. The number of alkyl halides is 1. The maximum absolute atomic E-state index is 7.02. The molecule has 0 aromatic heterocycles. The minimum Gasteiger partial charge on any atom is -0.413 e. The van der Waals surface area contributed by atoms with Crippen LogP contribution in [0.2, 0.25) is 36.3 Å². The molecule has 1 fully saturated rings. The molecule has 0 aliphatic heterocycles. The van der Waals surface area contributed by atoms with E-state index in [1.807, 2.05) is 6.08 Å². The van der Waals surface area contributed by atoms with Gasteiger partial charge in [0.15, 0.2) is 16.6 Å². The SMILES string of the molecule is C=CC[C@@H]1C(c2ccc(C(CCCCC)O[Si](C)(C)C(C)(C)C)cc2)[C@H](O[Si](C)(C)C(C)(C)C)C[C@H]1Cl. The van der Waals surface area contributed by atoms with Gasteiger partial charge in [0.25, 0.3) is 0 Å². The number of hydrogen-bond acceptors (Lipinski definition) is 2. The molecule has 2 nitrogen and oxygen atoms in total. The van der Waals surface area contributed by atoms with E-state index in [-0.39, 0.29) is 27.7 Å². The first-order valence-corrected chi connectivity index (χ1v) is 20.9. The van der Waals surface area contributed by atoms with Gasteiger partial charge >= 0.3 is 0 Å². The molecule has 212 valence electrons. The summed E-state index contributed by atoms with van der Waals surface area (Å²) in [6.45, 7) is 29.7. The Balaban J connectivity index is 2.38. The Hall–Kier alpha value is -0.396. The largest absolute Gasteiger partial charge is 0.413 e. The van der Waals surface area contributed by atoms with E-state index in [0.717, 1.165) is 19.3 Å². The third-order valence-electron chi connectivity index (χ3n) is 9.48. The molecule has 0 bridgehead atoms. The number of allylic oxidation sites excluding steroid dienone is 1. The van der Waals surface area contributed by atoms with Gasteiger partial charge in [-0.25, -0.2) is 0 Å². The van der Waals surface area contributed by atoms with Crippen LogP contribution in [0.3, 0.4) is 0 Å². The van der Waals surface area contributed by atoms with Crippen LogP contribution in [0, 0.1) is 5.92 Å². The lowest BCUT2D eigenvalue weighted by Crippen LogP contribution is -2.44. The fraction of sp³-hybridized carbons (Fsp3) is 0.750. The molecule has 0 amide bonds. The molecule has 5 heteroatoms. The Labute approximate surface area is 237 Å². The van der Waals surface area contributed by atoms with Crippen molar-refractivity contribution in [2.24, 2.45) is 5.92 Å². The fourth-order valence-electron chi connectivity index (χ4n) is 5.01. The summed E-state index contributed by atoms with van der Waals surface area (Å²) in [6.07, 6.45) is 8.96. The summed E-state index contributed by atoms with van der Waals surface area (Å²) in [5.74, 6) is 0.646. The first kappa shape index (κ1) is 32.8. The van der Waals surface area contributed by atoms with Gasteiger partial charge in [0.1, 0.15) is 0 Å². The van der Waals surface area contributed by atoms with Crippen molar-refractivity contribution < 1.29 is 8.85 Å². The Morgan fingerprint density at radius 1 is 0.973 bits per heavy atom. The lowest BCUT2D eigenvalue weighted by atomic mass is 9.85. The predicted octanol–water partition coefficient (Wildman–Crippen LogP) is 11.0. The molecule has 1 aliphatic carbocycles. The van der Waals surface area contributed by atoms with Crippen LogP contribution in [0.1, 0.15) is 110 Å². The van der Waals surface area contributed by atoms with Crippen LogP contribution in [0.4, 0.5) is 0 Å². The van der Waals surface area contributed by atoms with Gasteiger partial charge in [-0.05, 0) is 72.6 Å². The Kier molecular flexibility index (Phi) is 11.4. The minimum absolute atomic E-state index is 0.112. The average Bonchev–Trinajstić information content (AvgIpc) is 3.06. The summed E-state index contributed by atoms with van der Waals surface area (Å²) in [5, 5.41) is 0.481. The molecule has 0 spiro atoms. The van der Waals surface area contributed by atoms with E-state index in [9.17, 15) is 0 Å². The molecule has 37 heavy (non-hydrogen) atoms. The van der Waals surface area contributed by atoms with Gasteiger partial charge in [-0.2, -0.15) is 0 Å². The second-order valence-electron chi connectivity index (χ2n) is 14.4. The zero-order chi connectivity index (χ0) is 28.2. The Bertz CT molecular complexity index is 851. The molecule has 2 unspecified atom stereocenters. The first-order valence-electron chi connectivity index (χ1n) is 14.7. The summed E-state index contributed by atoms with van der Waals surface area (Å²) in [4.78, 5) is 0. The second kappa shape index (κ2) is 12.8. The molecule has 5 atom stereocenters. The van der Waals surface area contributed by atoms with Crippen molar-refractivity contribution in [2.75, 3.05) is 0 Å². The maximum atomic E-state index is 7.02. The highest BCUT2D eigenvalue weighted by Crippen LogP contribution is 2.49. The van der Waals surface area contributed by atoms with Gasteiger partial charge in [0.2, 0.25) is 0 Å². The highest BCUT2D eigenvalue weighted by atomic mass is 35.5. The molecule has 1 aliphatic rings. The summed E-state index contributed by atoms with van der Waals surface area (Å²) < 4.78 is 14.0. The van der Waals surface area contributed by atoms with Crippen LogP contribution in [0.5, 0.6) is 0 Å². The highest BCUT2D eigenvalue weighted by molar-refractivity contribution is 6.74. The molecule has 1 saturated carbocycles. The third kappa shape index (κ3) is 8.30. The highest BCUT2D eigenvalue weighted by Gasteiger charge is 2.48. The zero-order valence-electron chi connectivity index (χ0n) is 25.9. The number of halogens is 1. The monoisotopic (exact) mass is 564 g/mol. The van der Waals surface area contributed by atoms with Gasteiger partial charge in [-0.1, -0.05) is 98.1 Å². The average molecular weight is 565 g/mol. The van der Waals surface area contributed by atoms with Crippen LogP contribution in [0.15, 0.2) is 36.9 Å². The van der Waals surface area contributed by atoms with Gasteiger partial charge < -0.3 is 8.85 Å². The number of unbranched alkanes of at least 4 members (excludes halogenated alkanes) is 2. The zero-order valence-corrected chi connectivity index (χ0v) is 28.7. The van der Waals surface area contributed by atoms with E-state index in [1.54, 1.807) is 0 Å². The van der Waals surface area contributed by atoms with Gasteiger partial charge in [0, 0.05) is 11.3 Å². The lowest BCUT2D eigenvalue weighted by molar-refractivity contribution is 0.161. The standard InChI is InChI=1S/C32H57ClO2Si2/c1-13-15-16-18-28(34-36(9,10)31(3,4)5)24-19-21-25(22-20-24)30-26(17-14-2)27(33)23-29(30)35-37(11,12)32(6,7)8/h14,19-22,26-30H,2,13,15-18,23H2,1,3-12H3/t26-,27+,28?,29+,30?/m0/s1. The van der Waals surface area contributed by atoms with Gasteiger partial charge in [0.05, 0.1) is 12.2 Å². The van der Waals surface area contributed by atoms with Crippen molar-refractivity contribution in [3.05, 3.63) is 48.0 Å². The van der Waals surface area contributed by atoms with E-state index in [1.165, 1.54) is 30.4 Å². The van der Waals surface area contributed by atoms with E-state index in [0.29, 0.717) is 11.8 Å². The maximum Gasteiger partial charge on any atom is 0.192 e. The third-order valence-corrected chi connectivity index (χ3v) is 19.0. The normalized spacial score (nSPS) is 24.3. The van der Waals surface area contributed by atoms with Crippen LogP contribution < -0.4 is 0 Å². The van der Waals surface area contributed by atoms with E-state index < -0.39 is 16.6 Å². The topological polar surface area (TPSA) is 18.5 Å². The minimum atomic E-state index is -1.92. The van der Waals surface area contributed by atoms with E-state index in [4.69, 9.17) is 20.5 Å². The molecule has 0 N–H and O–H groups in total. The van der Waals surface area contributed by atoms with Gasteiger partial charge in [-0.15, -0.1) is 18.2 Å². The molecule has 1 aromatic carbocycles. The van der Waals surface area contributed by atoms with E-state index >= 15 is 0 Å². The number of rotatable bonds is 12. The van der Waals surface area contributed by atoms with Crippen LogP contribution in [-0.4, -0.2) is 28.1 Å². The Morgan fingerprint density at radius 3 is 2.03 bits per heavy atom. The Morgan fingerprint density at radius 2 is 1.54 bits per heavy atom. The summed E-state index contributed by atoms with van der Waals surface area (Å²) in [5.41, 5.74) is 2.66. The van der Waals surface area contributed by atoms with Crippen molar-refractivity contribution >= 4 is 28.2 Å². The fourth-order valence-corrected chi connectivity index (χ4v) is 8.12. The van der Waals surface area contributed by atoms with Gasteiger partial charge in [-0.3, -0.25) is 0 Å². The van der Waals surface area contributed by atoms with Crippen LogP contribution >= 0.6 is 11.6 Å². The van der Waals surface area contributed by atoms with E-state index in [2.05, 4.69) is 105 Å². The predicted molar refractivity (Wildman–Crippen MR) is 169 cm³/mol. The quantitative estimate of drug-likeness (QED) is 0.109.